The summed E-state index contributed by atoms with van der Waals surface area (Å²) >= 11 is 0. The molecule has 0 aromatic rings. The summed E-state index contributed by atoms with van der Waals surface area (Å²) in [5.41, 5.74) is 0. The van der Waals surface area contributed by atoms with E-state index in [9.17, 15) is 9.90 Å². The van der Waals surface area contributed by atoms with Crippen molar-refractivity contribution in [3.05, 3.63) is 0 Å². The van der Waals surface area contributed by atoms with Crippen molar-refractivity contribution in [3.63, 3.8) is 0 Å². The Morgan fingerprint density at radius 1 is 1.33 bits per heavy atom. The molecule has 2 amide bonds. The van der Waals surface area contributed by atoms with E-state index in [2.05, 4.69) is 19.2 Å². The zero-order valence-electron chi connectivity index (χ0n) is 12.1. The molecule has 18 heavy (non-hydrogen) atoms. The van der Waals surface area contributed by atoms with E-state index in [1.807, 2.05) is 18.7 Å². The molecular weight excluding hydrogens is 228 g/mol. The predicted octanol–water partition coefficient (Wildman–Crippen LogP) is 2.37. The van der Waals surface area contributed by atoms with Crippen LogP contribution in [0.15, 0.2) is 0 Å². The van der Waals surface area contributed by atoms with E-state index >= 15 is 0 Å². The van der Waals surface area contributed by atoms with Crippen molar-refractivity contribution >= 4 is 6.03 Å². The summed E-state index contributed by atoms with van der Waals surface area (Å²) in [7, 11) is 0. The fourth-order valence-corrected chi connectivity index (χ4v) is 2.57. The number of piperidine rings is 1. The second-order valence-electron chi connectivity index (χ2n) is 5.87. The highest BCUT2D eigenvalue weighted by Crippen LogP contribution is 2.22. The van der Waals surface area contributed by atoms with Gasteiger partial charge in [0.05, 0.1) is 6.10 Å². The zero-order valence-corrected chi connectivity index (χ0v) is 12.1. The smallest absolute Gasteiger partial charge is 0.317 e. The first-order valence-corrected chi connectivity index (χ1v) is 7.17. The zero-order chi connectivity index (χ0) is 13.7. The molecule has 0 saturated carbocycles. The minimum atomic E-state index is -0.332. The maximum atomic E-state index is 12.1. The Labute approximate surface area is 111 Å². The van der Waals surface area contributed by atoms with Gasteiger partial charge in [-0.15, -0.1) is 0 Å². The highest BCUT2D eigenvalue weighted by Gasteiger charge is 2.28. The molecule has 2 N–H and O–H groups in total. The lowest BCUT2D eigenvalue weighted by Crippen LogP contribution is -2.52. The fraction of sp³-hybridized carbons (Fsp3) is 0.929. The molecule has 1 fully saturated rings. The van der Waals surface area contributed by atoms with Crippen LogP contribution < -0.4 is 5.32 Å². The molecule has 1 aliphatic heterocycles. The number of aliphatic hydroxyl groups excluding tert-OH is 1. The number of carbonyl (C=O) groups excluding carboxylic acids is 1. The molecule has 0 spiro atoms. The van der Waals surface area contributed by atoms with Gasteiger partial charge in [0.25, 0.3) is 0 Å². The van der Waals surface area contributed by atoms with Crippen molar-refractivity contribution in [2.45, 2.75) is 71.6 Å². The fourth-order valence-electron chi connectivity index (χ4n) is 2.57. The van der Waals surface area contributed by atoms with Crippen LogP contribution in [0.2, 0.25) is 0 Å². The molecule has 0 bridgehead atoms. The molecule has 1 saturated heterocycles. The molecule has 4 heteroatoms. The van der Waals surface area contributed by atoms with Gasteiger partial charge in [-0.1, -0.05) is 13.8 Å². The van der Waals surface area contributed by atoms with Crippen LogP contribution in [0.1, 0.15) is 53.4 Å². The number of carbonyl (C=O) groups is 1. The molecule has 1 heterocycles. The van der Waals surface area contributed by atoms with E-state index in [0.29, 0.717) is 25.0 Å². The second-order valence-corrected chi connectivity index (χ2v) is 5.87. The minimum absolute atomic E-state index is 0.0191. The highest BCUT2D eigenvalue weighted by atomic mass is 16.3. The SMILES string of the molecule is CC(C)C(O)CCNC(=O)N1C(C)CCCC1C. The molecule has 0 aromatic carbocycles. The number of hydrogen-bond acceptors (Lipinski definition) is 2. The van der Waals surface area contributed by atoms with Crippen LogP contribution in [0.5, 0.6) is 0 Å². The number of urea groups is 1. The summed E-state index contributed by atoms with van der Waals surface area (Å²) in [6, 6.07) is 0.665. The molecule has 1 rings (SSSR count). The van der Waals surface area contributed by atoms with Gasteiger partial charge in [0.15, 0.2) is 0 Å². The summed E-state index contributed by atoms with van der Waals surface area (Å²) in [6.07, 6.45) is 3.68. The Morgan fingerprint density at radius 3 is 2.39 bits per heavy atom. The third-order valence-corrected chi connectivity index (χ3v) is 3.91. The molecule has 3 unspecified atom stereocenters. The van der Waals surface area contributed by atoms with Gasteiger partial charge in [-0.05, 0) is 45.4 Å². The quantitative estimate of drug-likeness (QED) is 0.811. The van der Waals surface area contributed by atoms with E-state index in [4.69, 9.17) is 0 Å². The third-order valence-electron chi connectivity index (χ3n) is 3.91. The molecule has 4 nitrogen and oxygen atoms in total. The summed E-state index contributed by atoms with van der Waals surface area (Å²) in [5, 5.41) is 12.6. The Kier molecular flexibility index (Phi) is 5.93. The number of nitrogens with zero attached hydrogens (tertiary/aromatic N) is 1. The number of rotatable bonds is 4. The molecule has 106 valence electrons. The lowest BCUT2D eigenvalue weighted by atomic mass is 9.98. The van der Waals surface area contributed by atoms with Crippen LogP contribution in [0.3, 0.4) is 0 Å². The molecular formula is C14H28N2O2. The third kappa shape index (κ3) is 4.16. The standard InChI is InChI=1S/C14H28N2O2/c1-10(2)13(17)8-9-15-14(18)16-11(3)6-5-7-12(16)4/h10-13,17H,5-9H2,1-4H3,(H,15,18). The summed E-state index contributed by atoms with van der Waals surface area (Å²) in [5.74, 6) is 0.245. The number of nitrogens with one attached hydrogen (secondary N) is 1. The highest BCUT2D eigenvalue weighted by molar-refractivity contribution is 5.74. The average molecular weight is 256 g/mol. The minimum Gasteiger partial charge on any atom is -0.393 e. The first-order valence-electron chi connectivity index (χ1n) is 7.17. The van der Waals surface area contributed by atoms with Crippen LogP contribution in [0.4, 0.5) is 4.79 Å². The lowest BCUT2D eigenvalue weighted by Gasteiger charge is -2.39. The Bertz CT molecular complexity index is 259. The van der Waals surface area contributed by atoms with Gasteiger partial charge in [-0.3, -0.25) is 0 Å². The van der Waals surface area contributed by atoms with Crippen molar-refractivity contribution in [2.24, 2.45) is 5.92 Å². The molecule has 1 aliphatic rings. The molecule has 0 aromatic heterocycles. The van der Waals surface area contributed by atoms with Crippen molar-refractivity contribution < 1.29 is 9.90 Å². The van der Waals surface area contributed by atoms with E-state index in [1.165, 1.54) is 6.42 Å². The maximum absolute atomic E-state index is 12.1. The van der Waals surface area contributed by atoms with Gasteiger partial charge in [-0.25, -0.2) is 4.79 Å². The van der Waals surface area contributed by atoms with Crippen LogP contribution in [-0.4, -0.2) is 40.8 Å². The normalized spacial score (nSPS) is 26.2. The maximum Gasteiger partial charge on any atom is 0.317 e. The van der Waals surface area contributed by atoms with Crippen molar-refractivity contribution in [3.8, 4) is 0 Å². The number of hydrogen-bond donors (Lipinski definition) is 2. The molecule has 3 atom stereocenters. The van der Waals surface area contributed by atoms with Gasteiger partial charge < -0.3 is 15.3 Å². The molecule has 0 radical (unpaired) electrons. The van der Waals surface area contributed by atoms with Crippen molar-refractivity contribution in [2.75, 3.05) is 6.54 Å². The topological polar surface area (TPSA) is 52.6 Å². The largest absolute Gasteiger partial charge is 0.393 e. The second kappa shape index (κ2) is 6.98. The van der Waals surface area contributed by atoms with Gasteiger partial charge in [-0.2, -0.15) is 0 Å². The number of aliphatic hydroxyl groups is 1. The summed E-state index contributed by atoms with van der Waals surface area (Å²) < 4.78 is 0. The van der Waals surface area contributed by atoms with Crippen LogP contribution in [-0.2, 0) is 0 Å². The first kappa shape index (κ1) is 15.3. The predicted molar refractivity (Wildman–Crippen MR) is 73.5 cm³/mol. The first-order chi connectivity index (χ1) is 8.43. The molecule has 0 aliphatic carbocycles. The van der Waals surface area contributed by atoms with Crippen molar-refractivity contribution in [1.82, 2.24) is 10.2 Å². The van der Waals surface area contributed by atoms with E-state index in [-0.39, 0.29) is 18.1 Å². The van der Waals surface area contributed by atoms with Crippen LogP contribution in [0, 0.1) is 5.92 Å². The van der Waals surface area contributed by atoms with Crippen LogP contribution in [0.25, 0.3) is 0 Å². The van der Waals surface area contributed by atoms with Gasteiger partial charge in [0.2, 0.25) is 0 Å². The van der Waals surface area contributed by atoms with Crippen LogP contribution >= 0.6 is 0 Å². The van der Waals surface area contributed by atoms with Gasteiger partial charge in [0.1, 0.15) is 0 Å². The number of likely N-dealkylation sites (tertiary alicyclic amines) is 1. The number of amides is 2. The summed E-state index contributed by atoms with van der Waals surface area (Å²) in [6.45, 7) is 8.74. The van der Waals surface area contributed by atoms with E-state index in [1.54, 1.807) is 0 Å². The lowest BCUT2D eigenvalue weighted by molar-refractivity contribution is 0.108. The van der Waals surface area contributed by atoms with E-state index < -0.39 is 0 Å². The Hall–Kier alpha value is -0.770. The Balaban J connectivity index is 2.35. The van der Waals surface area contributed by atoms with Gasteiger partial charge >= 0.3 is 6.03 Å². The Morgan fingerprint density at radius 2 is 1.89 bits per heavy atom. The van der Waals surface area contributed by atoms with Gasteiger partial charge in [0, 0.05) is 18.6 Å². The van der Waals surface area contributed by atoms with Crippen molar-refractivity contribution in [1.29, 1.82) is 0 Å². The average Bonchev–Trinajstić information content (AvgIpc) is 2.28. The van der Waals surface area contributed by atoms with E-state index in [0.717, 1.165) is 12.8 Å². The monoisotopic (exact) mass is 256 g/mol. The summed E-state index contributed by atoms with van der Waals surface area (Å²) in [4.78, 5) is 14.1.